The molecule has 2 aromatic carbocycles. The van der Waals surface area contributed by atoms with Gasteiger partial charge in [0.15, 0.2) is 9.84 Å². The molecule has 31 heavy (non-hydrogen) atoms. The Morgan fingerprint density at radius 3 is 2.71 bits per heavy atom. The summed E-state index contributed by atoms with van der Waals surface area (Å²) in [6.07, 6.45) is 3.45. The zero-order valence-corrected chi connectivity index (χ0v) is 19.7. The highest BCUT2D eigenvalue weighted by molar-refractivity contribution is 7.90. The van der Waals surface area contributed by atoms with Crippen molar-refractivity contribution in [3.8, 4) is 5.75 Å². The molecule has 0 amide bonds. The quantitative estimate of drug-likeness (QED) is 0.469. The van der Waals surface area contributed by atoms with Crippen molar-refractivity contribution in [2.45, 2.75) is 49.1 Å². The van der Waals surface area contributed by atoms with Crippen molar-refractivity contribution < 1.29 is 13.2 Å². The van der Waals surface area contributed by atoms with Crippen LogP contribution >= 0.6 is 22.9 Å². The minimum Gasteiger partial charge on any atom is -0.489 e. The van der Waals surface area contributed by atoms with Gasteiger partial charge in [-0.25, -0.2) is 13.4 Å². The van der Waals surface area contributed by atoms with E-state index in [2.05, 4.69) is 41.1 Å². The topological polar surface area (TPSA) is 59.5 Å². The summed E-state index contributed by atoms with van der Waals surface area (Å²) in [5.41, 5.74) is 1.31. The van der Waals surface area contributed by atoms with Crippen LogP contribution in [-0.4, -0.2) is 37.0 Å². The van der Waals surface area contributed by atoms with Gasteiger partial charge in [-0.2, -0.15) is 0 Å². The third kappa shape index (κ3) is 5.66. The zero-order valence-electron chi connectivity index (χ0n) is 17.3. The summed E-state index contributed by atoms with van der Waals surface area (Å²) in [6, 6.07) is 15.6. The van der Waals surface area contributed by atoms with Gasteiger partial charge in [0.2, 0.25) is 0 Å². The molecule has 0 N–H and O–H groups in total. The molecule has 1 aromatic heterocycles. The van der Waals surface area contributed by atoms with Crippen LogP contribution in [0.15, 0.2) is 65.0 Å². The summed E-state index contributed by atoms with van der Waals surface area (Å²) < 4.78 is 31.5. The fourth-order valence-corrected chi connectivity index (χ4v) is 6.42. The molecule has 1 saturated heterocycles. The largest absolute Gasteiger partial charge is 0.489 e. The van der Waals surface area contributed by atoms with Crippen LogP contribution in [0.3, 0.4) is 0 Å². The first-order chi connectivity index (χ1) is 14.9. The molecule has 0 bridgehead atoms. The van der Waals surface area contributed by atoms with Crippen LogP contribution in [0.25, 0.3) is 0 Å². The first kappa shape index (κ1) is 22.3. The van der Waals surface area contributed by atoms with Crippen molar-refractivity contribution in [1.29, 1.82) is 0 Å². The lowest BCUT2D eigenvalue weighted by Crippen LogP contribution is -2.43. The van der Waals surface area contributed by atoms with Crippen LogP contribution in [0.4, 0.5) is 0 Å². The molecule has 1 aliphatic heterocycles. The molecule has 5 nitrogen and oxygen atoms in total. The number of ether oxygens (including phenoxy) is 1. The number of likely N-dealkylation sites (tertiary alicyclic amines) is 1. The summed E-state index contributed by atoms with van der Waals surface area (Å²) in [7, 11) is -3.50. The van der Waals surface area contributed by atoms with Gasteiger partial charge in [0.1, 0.15) is 22.6 Å². The van der Waals surface area contributed by atoms with Crippen molar-refractivity contribution in [2.75, 3.05) is 6.54 Å². The molecule has 0 saturated carbocycles. The van der Waals surface area contributed by atoms with E-state index in [4.69, 9.17) is 16.3 Å². The van der Waals surface area contributed by atoms with Crippen molar-refractivity contribution >= 4 is 32.8 Å². The molecule has 3 aromatic rings. The zero-order chi connectivity index (χ0) is 21.8. The summed E-state index contributed by atoms with van der Waals surface area (Å²) in [4.78, 5) is 6.71. The molecule has 0 aliphatic carbocycles. The molecular weight excluding hydrogens is 452 g/mol. The summed E-state index contributed by atoms with van der Waals surface area (Å²) in [5.74, 6) is 0.405. The lowest BCUT2D eigenvalue weighted by molar-refractivity contribution is 0.0586. The predicted octanol–water partition coefficient (Wildman–Crippen LogP) is 5.20. The maximum atomic E-state index is 12.6. The molecule has 1 fully saturated rings. The van der Waals surface area contributed by atoms with Crippen LogP contribution in [0, 0.1) is 0 Å². The summed E-state index contributed by atoms with van der Waals surface area (Å²) >= 11 is 7.72. The SMILES string of the molecule is C[C@H]1C[C@@H](Oc2ccc(S(=O)(=O)Cc3nccs3)cc2Cl)CCN1Cc1ccccc1. The van der Waals surface area contributed by atoms with Gasteiger partial charge in [-0.3, -0.25) is 4.90 Å². The highest BCUT2D eigenvalue weighted by Gasteiger charge is 2.27. The van der Waals surface area contributed by atoms with Crippen molar-refractivity contribution in [3.05, 3.63) is 75.7 Å². The average Bonchev–Trinajstić information content (AvgIpc) is 3.24. The third-order valence-corrected chi connectivity index (χ3v) is 8.43. The number of halogens is 1. The fourth-order valence-electron chi connectivity index (χ4n) is 3.86. The minimum atomic E-state index is -3.50. The Hall–Kier alpha value is -1.93. The number of rotatable bonds is 7. The normalized spacial score (nSPS) is 19.9. The van der Waals surface area contributed by atoms with Crippen LogP contribution < -0.4 is 4.74 Å². The van der Waals surface area contributed by atoms with E-state index in [0.717, 1.165) is 25.9 Å². The van der Waals surface area contributed by atoms with Gasteiger partial charge in [-0.1, -0.05) is 41.9 Å². The second-order valence-corrected chi connectivity index (χ2v) is 11.2. The van der Waals surface area contributed by atoms with Crippen molar-refractivity contribution in [2.24, 2.45) is 0 Å². The maximum absolute atomic E-state index is 12.6. The Kier molecular flexibility index (Phi) is 6.96. The van der Waals surface area contributed by atoms with E-state index in [-0.39, 0.29) is 16.8 Å². The van der Waals surface area contributed by atoms with Crippen LogP contribution in [0.5, 0.6) is 5.75 Å². The van der Waals surface area contributed by atoms with E-state index >= 15 is 0 Å². The van der Waals surface area contributed by atoms with Gasteiger partial charge in [0.05, 0.1) is 9.92 Å². The fraction of sp³-hybridized carbons (Fsp3) is 0.348. The van der Waals surface area contributed by atoms with E-state index < -0.39 is 9.84 Å². The molecule has 0 spiro atoms. The predicted molar refractivity (Wildman–Crippen MR) is 124 cm³/mol. The van der Waals surface area contributed by atoms with Gasteiger partial charge < -0.3 is 4.74 Å². The van der Waals surface area contributed by atoms with Gasteiger partial charge >= 0.3 is 0 Å². The maximum Gasteiger partial charge on any atom is 0.184 e. The standard InChI is InChI=1S/C23H25ClN2O3S2/c1-17-13-19(9-11-26(17)15-18-5-3-2-4-6-18)29-22-8-7-20(14-21(22)24)31(27,28)16-23-25-10-12-30-23/h2-8,10,12,14,17,19H,9,11,13,15-16H2,1H3/t17-,19-/m0/s1. The first-order valence-electron chi connectivity index (χ1n) is 10.3. The number of hydrogen-bond donors (Lipinski definition) is 0. The summed E-state index contributed by atoms with van der Waals surface area (Å²) in [5, 5.41) is 2.65. The third-order valence-electron chi connectivity index (χ3n) is 5.55. The average molecular weight is 477 g/mol. The second kappa shape index (κ2) is 9.69. The Morgan fingerprint density at radius 1 is 1.23 bits per heavy atom. The highest BCUT2D eigenvalue weighted by Crippen LogP contribution is 2.32. The van der Waals surface area contributed by atoms with E-state index in [9.17, 15) is 8.42 Å². The molecule has 8 heteroatoms. The molecule has 0 radical (unpaired) electrons. The molecule has 2 heterocycles. The van der Waals surface area contributed by atoms with Crippen LogP contribution in [-0.2, 0) is 22.1 Å². The molecule has 164 valence electrons. The lowest BCUT2D eigenvalue weighted by Gasteiger charge is -2.37. The number of benzene rings is 2. The molecule has 4 rings (SSSR count). The number of sulfone groups is 1. The lowest BCUT2D eigenvalue weighted by atomic mass is 9.99. The van der Waals surface area contributed by atoms with Crippen LogP contribution in [0.2, 0.25) is 5.02 Å². The summed E-state index contributed by atoms with van der Waals surface area (Å²) in [6.45, 7) is 4.09. The van der Waals surface area contributed by atoms with E-state index in [1.165, 1.54) is 23.0 Å². The number of nitrogens with zero attached hydrogens (tertiary/aromatic N) is 2. The molecule has 1 aliphatic rings. The van der Waals surface area contributed by atoms with Gasteiger partial charge in [0, 0.05) is 30.7 Å². The van der Waals surface area contributed by atoms with Gasteiger partial charge in [-0.05, 0) is 43.5 Å². The van der Waals surface area contributed by atoms with E-state index in [1.807, 2.05) is 6.07 Å². The Labute approximate surface area is 192 Å². The Morgan fingerprint density at radius 2 is 2.03 bits per heavy atom. The van der Waals surface area contributed by atoms with E-state index in [1.54, 1.807) is 23.7 Å². The number of hydrogen-bond acceptors (Lipinski definition) is 6. The van der Waals surface area contributed by atoms with Crippen molar-refractivity contribution in [3.63, 3.8) is 0 Å². The number of thiazole rings is 1. The Bertz CT molecular complexity index is 1110. The van der Waals surface area contributed by atoms with Gasteiger partial charge in [-0.15, -0.1) is 11.3 Å². The number of aromatic nitrogens is 1. The number of piperidine rings is 1. The Balaban J connectivity index is 1.37. The highest BCUT2D eigenvalue weighted by atomic mass is 35.5. The first-order valence-corrected chi connectivity index (χ1v) is 13.2. The van der Waals surface area contributed by atoms with Crippen LogP contribution in [0.1, 0.15) is 30.3 Å². The second-order valence-electron chi connectivity index (χ2n) is 7.85. The molecule has 2 atom stereocenters. The van der Waals surface area contributed by atoms with E-state index in [0.29, 0.717) is 21.8 Å². The molecule has 0 unspecified atom stereocenters. The molecular formula is C23H25ClN2O3S2. The minimum absolute atomic E-state index is 0.0531. The van der Waals surface area contributed by atoms with Crippen molar-refractivity contribution in [1.82, 2.24) is 9.88 Å². The smallest absolute Gasteiger partial charge is 0.184 e. The van der Waals surface area contributed by atoms with Gasteiger partial charge in [0.25, 0.3) is 0 Å². The monoisotopic (exact) mass is 476 g/mol.